The van der Waals surface area contributed by atoms with Gasteiger partial charge in [0.05, 0.1) is 23.0 Å². The highest BCUT2D eigenvalue weighted by Crippen LogP contribution is 2.57. The molecule has 0 saturated heterocycles. The van der Waals surface area contributed by atoms with Crippen LogP contribution in [-0.4, -0.2) is 23.5 Å². The van der Waals surface area contributed by atoms with Crippen LogP contribution >= 0.6 is 0 Å². The molecule has 4 atom stereocenters. The fourth-order valence-electron chi connectivity index (χ4n) is 7.37. The van der Waals surface area contributed by atoms with Crippen molar-refractivity contribution in [3.8, 4) is 11.5 Å². The van der Waals surface area contributed by atoms with Gasteiger partial charge in [-0.3, -0.25) is 19.2 Å². The highest BCUT2D eigenvalue weighted by Gasteiger charge is 2.57. The smallest absolute Gasteiger partial charge is 0.314 e. The normalized spacial score (nSPS) is 31.3. The summed E-state index contributed by atoms with van der Waals surface area (Å²) in [6.45, 7) is 0. The van der Waals surface area contributed by atoms with Gasteiger partial charge in [-0.1, -0.05) is 49.9 Å². The Morgan fingerprint density at radius 3 is 1.31 bits per heavy atom. The molecule has 5 aliphatic carbocycles. The van der Waals surface area contributed by atoms with Crippen LogP contribution in [0.25, 0.3) is 0 Å². The van der Waals surface area contributed by atoms with Crippen molar-refractivity contribution in [3.63, 3.8) is 0 Å². The molecule has 2 aromatic carbocycles. The average Bonchev–Trinajstić information content (AvgIpc) is 3.80. The first-order valence-corrected chi connectivity index (χ1v) is 13.3. The molecule has 0 amide bonds. The molecule has 0 spiro atoms. The van der Waals surface area contributed by atoms with E-state index in [1.165, 1.54) is 12.1 Å². The summed E-state index contributed by atoms with van der Waals surface area (Å²) >= 11 is 0. The molecule has 0 radical (unpaired) electrons. The second-order valence-corrected chi connectivity index (χ2v) is 11.1. The summed E-state index contributed by atoms with van der Waals surface area (Å²) in [4.78, 5) is 53.3. The van der Waals surface area contributed by atoms with Gasteiger partial charge in [-0.2, -0.15) is 0 Å². The van der Waals surface area contributed by atoms with Gasteiger partial charge in [0, 0.05) is 11.1 Å². The van der Waals surface area contributed by atoms with E-state index in [1.807, 2.05) is 0 Å². The van der Waals surface area contributed by atoms with E-state index in [0.29, 0.717) is 23.7 Å². The van der Waals surface area contributed by atoms with Gasteiger partial charge in [0.1, 0.15) is 11.5 Å². The topological polar surface area (TPSA) is 86.7 Å². The van der Waals surface area contributed by atoms with Crippen molar-refractivity contribution in [1.82, 2.24) is 0 Å². The van der Waals surface area contributed by atoms with Crippen molar-refractivity contribution in [2.45, 2.75) is 51.4 Å². The fourth-order valence-corrected chi connectivity index (χ4v) is 7.37. The Labute approximate surface area is 209 Å². The van der Waals surface area contributed by atoms with Crippen molar-refractivity contribution < 1.29 is 28.7 Å². The molecule has 0 aromatic heterocycles. The minimum absolute atomic E-state index is 0.0224. The SMILES string of the molecule is O=C1c2ccccc2C(=O)c2c(OC(=O)C3[C@H]4CCCC[C@H]34)ccc(OC(=O)C3[C@H]4CCCC[C@H]34)c21. The lowest BCUT2D eigenvalue weighted by atomic mass is 9.83. The van der Waals surface area contributed by atoms with Crippen molar-refractivity contribution in [1.29, 1.82) is 0 Å². The van der Waals surface area contributed by atoms with Crippen LogP contribution in [0.4, 0.5) is 0 Å². The van der Waals surface area contributed by atoms with Crippen LogP contribution in [0.3, 0.4) is 0 Å². The molecule has 6 nitrogen and oxygen atoms in total. The molecule has 0 unspecified atom stereocenters. The lowest BCUT2D eigenvalue weighted by Gasteiger charge is -2.22. The van der Waals surface area contributed by atoms with Crippen LogP contribution in [0.2, 0.25) is 0 Å². The third-order valence-electron chi connectivity index (χ3n) is 9.28. The van der Waals surface area contributed by atoms with Crippen LogP contribution in [0.5, 0.6) is 11.5 Å². The molecular formula is C30H28O6. The first-order valence-electron chi connectivity index (χ1n) is 13.3. The molecule has 184 valence electrons. The number of ketones is 2. The van der Waals surface area contributed by atoms with E-state index in [4.69, 9.17) is 9.47 Å². The molecule has 0 bridgehead atoms. The third kappa shape index (κ3) is 3.30. The minimum atomic E-state index is -0.394. The number of benzene rings is 2. The molecular weight excluding hydrogens is 456 g/mol. The average molecular weight is 485 g/mol. The van der Waals surface area contributed by atoms with Gasteiger partial charge in [-0.25, -0.2) is 0 Å². The Hall–Kier alpha value is -3.28. The monoisotopic (exact) mass is 484 g/mol. The summed E-state index contributed by atoms with van der Waals surface area (Å²) in [7, 11) is 0. The summed E-state index contributed by atoms with van der Waals surface area (Å²) < 4.78 is 11.6. The van der Waals surface area contributed by atoms with Crippen LogP contribution < -0.4 is 9.47 Å². The van der Waals surface area contributed by atoms with E-state index in [9.17, 15) is 19.2 Å². The van der Waals surface area contributed by atoms with Gasteiger partial charge in [-0.15, -0.1) is 0 Å². The number of carbonyl (C=O) groups is 4. The maximum atomic E-state index is 13.6. The zero-order chi connectivity index (χ0) is 24.6. The molecule has 4 fully saturated rings. The Morgan fingerprint density at radius 2 is 0.944 bits per heavy atom. The van der Waals surface area contributed by atoms with Gasteiger partial charge >= 0.3 is 11.9 Å². The highest BCUT2D eigenvalue weighted by molar-refractivity contribution is 6.30. The fraction of sp³-hybridized carbons (Fsp3) is 0.467. The third-order valence-corrected chi connectivity index (χ3v) is 9.28. The van der Waals surface area contributed by atoms with Crippen molar-refractivity contribution in [2.24, 2.45) is 35.5 Å². The summed E-state index contributed by atoms with van der Waals surface area (Å²) in [5, 5.41) is 0. The predicted molar refractivity (Wildman–Crippen MR) is 129 cm³/mol. The predicted octanol–water partition coefficient (Wildman–Crippen LogP) is 5.15. The van der Waals surface area contributed by atoms with Crippen molar-refractivity contribution in [3.05, 3.63) is 58.7 Å². The quantitative estimate of drug-likeness (QED) is 0.376. The highest BCUT2D eigenvalue weighted by atomic mass is 16.5. The molecule has 36 heavy (non-hydrogen) atoms. The van der Waals surface area contributed by atoms with E-state index < -0.39 is 11.6 Å². The molecule has 0 heterocycles. The van der Waals surface area contributed by atoms with Gasteiger partial charge in [0.2, 0.25) is 0 Å². The number of fused-ring (bicyclic) bond motifs is 4. The summed E-state index contributed by atoms with van der Waals surface area (Å²) in [6.07, 6.45) is 8.66. The van der Waals surface area contributed by atoms with E-state index in [2.05, 4.69) is 0 Å². The molecule has 4 saturated carbocycles. The van der Waals surface area contributed by atoms with E-state index in [0.717, 1.165) is 51.4 Å². The molecule has 0 N–H and O–H groups in total. The summed E-state index contributed by atoms with van der Waals surface area (Å²) in [5.41, 5.74) is 0.580. The standard InChI is InChI=1S/C30H28O6/c31-27-19-11-5-6-12-20(19)28(32)26-22(36-30(34)24-17-9-3-4-10-18(17)24)14-13-21(25(26)27)35-29(33)23-15-7-1-2-8-16(15)23/h5-6,11-18,23-24H,1-4,7-10H2/t15-,16-,17-,18-/m0/s1. The minimum Gasteiger partial charge on any atom is -0.425 e. The van der Waals surface area contributed by atoms with Crippen LogP contribution in [-0.2, 0) is 9.59 Å². The first-order chi connectivity index (χ1) is 17.5. The van der Waals surface area contributed by atoms with Crippen molar-refractivity contribution >= 4 is 23.5 Å². The van der Waals surface area contributed by atoms with E-state index in [1.54, 1.807) is 24.3 Å². The lowest BCUT2D eigenvalue weighted by Crippen LogP contribution is -2.25. The van der Waals surface area contributed by atoms with Crippen LogP contribution in [0, 0.1) is 35.5 Å². The first kappa shape index (κ1) is 22.0. The number of ether oxygens (including phenoxy) is 2. The number of rotatable bonds is 4. The van der Waals surface area contributed by atoms with Gasteiger partial charge in [0.15, 0.2) is 11.6 Å². The second kappa shape index (κ2) is 8.12. The molecule has 0 aliphatic heterocycles. The molecule has 6 heteroatoms. The molecule has 5 aliphatic rings. The maximum absolute atomic E-state index is 13.6. The maximum Gasteiger partial charge on any atom is 0.314 e. The zero-order valence-corrected chi connectivity index (χ0v) is 20.0. The van der Waals surface area contributed by atoms with Gasteiger partial charge in [0.25, 0.3) is 0 Å². The molecule has 2 aromatic rings. The van der Waals surface area contributed by atoms with E-state index in [-0.39, 0.29) is 57.5 Å². The van der Waals surface area contributed by atoms with Gasteiger partial charge in [-0.05, 0) is 61.5 Å². The van der Waals surface area contributed by atoms with Crippen LogP contribution in [0.15, 0.2) is 36.4 Å². The van der Waals surface area contributed by atoms with Crippen molar-refractivity contribution in [2.75, 3.05) is 0 Å². The summed E-state index contributed by atoms with van der Waals surface area (Å²) in [6, 6.07) is 9.62. The van der Waals surface area contributed by atoms with E-state index >= 15 is 0 Å². The Kier molecular flexibility index (Phi) is 4.95. The number of carbonyl (C=O) groups excluding carboxylic acids is 4. The zero-order valence-electron chi connectivity index (χ0n) is 20.0. The lowest BCUT2D eigenvalue weighted by molar-refractivity contribution is -0.137. The Morgan fingerprint density at radius 1 is 0.583 bits per heavy atom. The number of hydrogen-bond acceptors (Lipinski definition) is 6. The Bertz CT molecular complexity index is 1200. The summed E-state index contributed by atoms with van der Waals surface area (Å²) in [5.74, 6) is -0.128. The number of hydrogen-bond donors (Lipinski definition) is 0. The molecule has 7 rings (SSSR count). The van der Waals surface area contributed by atoms with Gasteiger partial charge < -0.3 is 9.47 Å². The Balaban J connectivity index is 1.23. The largest absolute Gasteiger partial charge is 0.425 e. The van der Waals surface area contributed by atoms with Crippen LogP contribution in [0.1, 0.15) is 83.2 Å². The second-order valence-electron chi connectivity index (χ2n) is 11.1. The number of esters is 2.